The van der Waals surface area contributed by atoms with Gasteiger partial charge in [0.05, 0.1) is 0 Å². The Balaban J connectivity index is 2.15. The first-order valence-corrected chi connectivity index (χ1v) is 7.09. The average Bonchev–Trinajstić information content (AvgIpc) is 2.46. The largest absolute Gasteiger partial charge is 0.338 e. The number of nitrogen functional groups attached to an aromatic ring is 1. The summed E-state index contributed by atoms with van der Waals surface area (Å²) in [5.74, 6) is 5.05. The predicted octanol–water partition coefficient (Wildman–Crippen LogP) is 1.58. The van der Waals surface area contributed by atoms with Gasteiger partial charge in [-0.15, -0.1) is 0 Å². The Bertz CT molecular complexity index is 488. The second kappa shape index (κ2) is 7.05. The van der Waals surface area contributed by atoms with Gasteiger partial charge < -0.3 is 4.90 Å². The van der Waals surface area contributed by atoms with E-state index in [1.54, 1.807) is 12.1 Å². The van der Waals surface area contributed by atoms with E-state index < -0.39 is 0 Å². The zero-order valence-electron chi connectivity index (χ0n) is 11.6. The minimum atomic E-state index is -0.319. The van der Waals surface area contributed by atoms with Crippen LogP contribution in [-0.2, 0) is 11.3 Å². The molecule has 0 atom stereocenters. The molecule has 1 aliphatic heterocycles. The van der Waals surface area contributed by atoms with Gasteiger partial charge in [-0.3, -0.25) is 15.0 Å². The molecule has 1 aromatic carbocycles. The number of hydrazine groups is 1. The maximum atomic E-state index is 12.1. The van der Waals surface area contributed by atoms with Crippen LogP contribution in [-0.4, -0.2) is 23.3 Å². The first-order valence-electron chi connectivity index (χ1n) is 7.09. The molecule has 20 heavy (non-hydrogen) atoms. The average molecular weight is 275 g/mol. The number of hydrogen-bond acceptors (Lipinski definition) is 3. The summed E-state index contributed by atoms with van der Waals surface area (Å²) in [5.41, 5.74) is 3.52. The zero-order chi connectivity index (χ0) is 14.4. The predicted molar refractivity (Wildman–Crippen MR) is 76.6 cm³/mol. The van der Waals surface area contributed by atoms with Crippen molar-refractivity contribution >= 4 is 11.8 Å². The van der Waals surface area contributed by atoms with Gasteiger partial charge >= 0.3 is 0 Å². The minimum absolute atomic E-state index is 0.174. The normalized spacial score (nSPS) is 16.4. The van der Waals surface area contributed by atoms with Gasteiger partial charge in [-0.2, -0.15) is 0 Å². The van der Waals surface area contributed by atoms with E-state index in [-0.39, 0.29) is 11.8 Å². The molecule has 0 aliphatic carbocycles. The highest BCUT2D eigenvalue weighted by Gasteiger charge is 2.18. The topological polar surface area (TPSA) is 75.4 Å². The van der Waals surface area contributed by atoms with Crippen molar-refractivity contribution in [3.63, 3.8) is 0 Å². The van der Waals surface area contributed by atoms with Crippen LogP contribution < -0.4 is 11.3 Å². The van der Waals surface area contributed by atoms with Gasteiger partial charge in [0.1, 0.15) is 0 Å². The Morgan fingerprint density at radius 1 is 1.20 bits per heavy atom. The van der Waals surface area contributed by atoms with Crippen LogP contribution in [0.4, 0.5) is 0 Å². The fraction of sp³-hybridized carbons (Fsp3) is 0.467. The third kappa shape index (κ3) is 3.57. The van der Waals surface area contributed by atoms with E-state index >= 15 is 0 Å². The molecular weight excluding hydrogens is 254 g/mol. The van der Waals surface area contributed by atoms with Crippen LogP contribution >= 0.6 is 0 Å². The summed E-state index contributed by atoms with van der Waals surface area (Å²) in [5, 5.41) is 0. The molecule has 0 radical (unpaired) electrons. The molecule has 1 fully saturated rings. The van der Waals surface area contributed by atoms with E-state index in [0.29, 0.717) is 18.5 Å². The van der Waals surface area contributed by atoms with E-state index in [1.807, 2.05) is 17.0 Å². The van der Waals surface area contributed by atoms with Gasteiger partial charge in [-0.05, 0) is 24.5 Å². The summed E-state index contributed by atoms with van der Waals surface area (Å²) < 4.78 is 0. The lowest BCUT2D eigenvalue weighted by atomic mass is 10.0. The van der Waals surface area contributed by atoms with E-state index in [0.717, 1.165) is 37.8 Å². The summed E-state index contributed by atoms with van der Waals surface area (Å²) in [4.78, 5) is 25.7. The highest BCUT2D eigenvalue weighted by Crippen LogP contribution is 2.17. The standard InChI is InChI=1S/C15H21N3O2/c16-17-15(20)13-8-5-4-7-12(13)11-18-10-6-2-1-3-9-14(18)19/h4-5,7-8H,1-3,6,9-11,16H2,(H,17,20). The Kier molecular flexibility index (Phi) is 5.12. The van der Waals surface area contributed by atoms with Crippen LogP contribution in [0.5, 0.6) is 0 Å². The molecule has 0 bridgehead atoms. The van der Waals surface area contributed by atoms with Gasteiger partial charge in [0.15, 0.2) is 0 Å². The number of nitrogens with two attached hydrogens (primary N) is 1. The maximum absolute atomic E-state index is 12.1. The van der Waals surface area contributed by atoms with Crippen molar-refractivity contribution in [2.45, 2.75) is 38.6 Å². The molecule has 0 unspecified atom stereocenters. The van der Waals surface area contributed by atoms with Gasteiger partial charge in [0, 0.05) is 25.1 Å². The van der Waals surface area contributed by atoms with Crippen LogP contribution in [0, 0.1) is 0 Å². The fourth-order valence-electron chi connectivity index (χ4n) is 2.55. The summed E-state index contributed by atoms with van der Waals surface area (Å²) in [7, 11) is 0. The number of amides is 2. The fourth-order valence-corrected chi connectivity index (χ4v) is 2.55. The minimum Gasteiger partial charge on any atom is -0.338 e. The first-order chi connectivity index (χ1) is 9.72. The Labute approximate surface area is 119 Å². The molecule has 0 spiro atoms. The van der Waals surface area contributed by atoms with E-state index in [2.05, 4.69) is 5.43 Å². The van der Waals surface area contributed by atoms with Crippen molar-refractivity contribution in [2.24, 2.45) is 5.84 Å². The third-order valence-electron chi connectivity index (χ3n) is 3.68. The van der Waals surface area contributed by atoms with Crippen molar-refractivity contribution in [1.29, 1.82) is 0 Å². The molecule has 5 heteroatoms. The number of likely N-dealkylation sites (tertiary alicyclic amines) is 1. The number of carbonyl (C=O) groups excluding carboxylic acids is 2. The number of hydrogen-bond donors (Lipinski definition) is 2. The van der Waals surface area contributed by atoms with E-state index in [4.69, 9.17) is 5.84 Å². The SMILES string of the molecule is NNC(=O)c1ccccc1CN1CCCCCCC1=O. The number of nitrogens with one attached hydrogen (secondary N) is 1. The monoisotopic (exact) mass is 275 g/mol. The zero-order valence-corrected chi connectivity index (χ0v) is 11.6. The second-order valence-corrected chi connectivity index (χ2v) is 5.11. The molecule has 108 valence electrons. The van der Waals surface area contributed by atoms with Crippen molar-refractivity contribution in [3.8, 4) is 0 Å². The number of rotatable bonds is 3. The molecule has 0 aromatic heterocycles. The van der Waals surface area contributed by atoms with Crippen LogP contribution in [0.25, 0.3) is 0 Å². The smallest absolute Gasteiger partial charge is 0.265 e. The van der Waals surface area contributed by atoms with E-state index in [9.17, 15) is 9.59 Å². The number of carbonyl (C=O) groups is 2. The molecule has 1 heterocycles. The molecule has 3 N–H and O–H groups in total. The quantitative estimate of drug-likeness (QED) is 0.499. The van der Waals surface area contributed by atoms with Crippen molar-refractivity contribution in [3.05, 3.63) is 35.4 Å². The van der Waals surface area contributed by atoms with Gasteiger partial charge in [0.2, 0.25) is 5.91 Å². The lowest BCUT2D eigenvalue weighted by Gasteiger charge is -2.25. The highest BCUT2D eigenvalue weighted by atomic mass is 16.2. The van der Waals surface area contributed by atoms with Crippen molar-refractivity contribution < 1.29 is 9.59 Å². The van der Waals surface area contributed by atoms with Crippen LogP contribution in [0.1, 0.15) is 48.0 Å². The molecule has 1 aliphatic rings. The van der Waals surface area contributed by atoms with Gasteiger partial charge in [-0.25, -0.2) is 5.84 Å². The Morgan fingerprint density at radius 2 is 1.95 bits per heavy atom. The summed E-state index contributed by atoms with van der Waals surface area (Å²) in [6, 6.07) is 7.27. The molecule has 2 amide bonds. The van der Waals surface area contributed by atoms with Crippen molar-refractivity contribution in [1.82, 2.24) is 10.3 Å². The van der Waals surface area contributed by atoms with Crippen molar-refractivity contribution in [2.75, 3.05) is 6.54 Å². The maximum Gasteiger partial charge on any atom is 0.265 e. The summed E-state index contributed by atoms with van der Waals surface area (Å²) in [6.07, 6.45) is 4.88. The van der Waals surface area contributed by atoms with Gasteiger partial charge in [-0.1, -0.05) is 31.0 Å². The van der Waals surface area contributed by atoms with Crippen LogP contribution in [0.2, 0.25) is 0 Å². The number of benzene rings is 1. The molecular formula is C15H21N3O2. The second-order valence-electron chi connectivity index (χ2n) is 5.11. The molecule has 2 rings (SSSR count). The summed E-state index contributed by atoms with van der Waals surface area (Å²) in [6.45, 7) is 1.24. The lowest BCUT2D eigenvalue weighted by molar-refractivity contribution is -0.132. The third-order valence-corrected chi connectivity index (χ3v) is 3.68. The highest BCUT2D eigenvalue weighted by molar-refractivity contribution is 5.95. The van der Waals surface area contributed by atoms with Crippen LogP contribution in [0.3, 0.4) is 0 Å². The number of nitrogens with zero attached hydrogens (tertiary/aromatic N) is 1. The summed E-state index contributed by atoms with van der Waals surface area (Å²) >= 11 is 0. The molecule has 1 saturated heterocycles. The lowest BCUT2D eigenvalue weighted by Crippen LogP contribution is -2.35. The van der Waals surface area contributed by atoms with Gasteiger partial charge in [0.25, 0.3) is 5.91 Å². The van der Waals surface area contributed by atoms with Crippen LogP contribution in [0.15, 0.2) is 24.3 Å². The molecule has 5 nitrogen and oxygen atoms in total. The molecule has 1 aromatic rings. The Morgan fingerprint density at radius 3 is 2.75 bits per heavy atom. The van der Waals surface area contributed by atoms with E-state index in [1.165, 1.54) is 0 Å². The Hall–Kier alpha value is -1.88. The molecule has 0 saturated carbocycles. The first kappa shape index (κ1) is 14.5.